The van der Waals surface area contributed by atoms with E-state index in [1.807, 2.05) is 20.8 Å². The third-order valence-electron chi connectivity index (χ3n) is 1.63. The number of rotatable bonds is 1. The van der Waals surface area contributed by atoms with E-state index in [4.69, 9.17) is 5.73 Å². The van der Waals surface area contributed by atoms with Crippen LogP contribution in [0.5, 0.6) is 0 Å². The quantitative estimate of drug-likeness (QED) is 0.684. The normalized spacial score (nSPS) is 11.5. The maximum absolute atomic E-state index is 13.3. The fourth-order valence-corrected chi connectivity index (χ4v) is 1.07. The number of benzene rings is 1. The van der Waals surface area contributed by atoms with Crippen LogP contribution < -0.4 is 11.1 Å². The lowest BCUT2D eigenvalue weighted by atomic mass is 10.1. The number of hydrogen-bond donors (Lipinski definition) is 2. The number of nitrogen functional groups attached to an aromatic ring is 1. The van der Waals surface area contributed by atoms with Gasteiger partial charge in [-0.05, 0) is 32.9 Å². The molecule has 0 amide bonds. The van der Waals surface area contributed by atoms with Gasteiger partial charge in [0.1, 0.15) is 0 Å². The first-order chi connectivity index (χ1) is 6.31. The van der Waals surface area contributed by atoms with E-state index in [1.165, 1.54) is 6.07 Å². The fourth-order valence-electron chi connectivity index (χ4n) is 1.07. The molecule has 1 aromatic rings. The lowest BCUT2D eigenvalue weighted by Crippen LogP contribution is -2.27. The van der Waals surface area contributed by atoms with Gasteiger partial charge in [0.05, 0.1) is 11.4 Å². The summed E-state index contributed by atoms with van der Waals surface area (Å²) in [5, 5.41) is 2.82. The number of nitrogens with two attached hydrogens (primary N) is 1. The molecule has 14 heavy (non-hydrogen) atoms. The van der Waals surface area contributed by atoms with Crippen LogP contribution in [-0.2, 0) is 0 Å². The molecule has 0 aliphatic carbocycles. The number of halogens is 2. The van der Waals surface area contributed by atoms with Crippen molar-refractivity contribution in [1.82, 2.24) is 0 Å². The smallest absolute Gasteiger partial charge is 0.183 e. The van der Waals surface area contributed by atoms with Gasteiger partial charge < -0.3 is 11.1 Å². The van der Waals surface area contributed by atoms with Gasteiger partial charge in [-0.1, -0.05) is 0 Å². The zero-order valence-corrected chi connectivity index (χ0v) is 8.49. The van der Waals surface area contributed by atoms with Gasteiger partial charge >= 0.3 is 0 Å². The molecule has 1 aromatic carbocycles. The van der Waals surface area contributed by atoms with Gasteiger partial charge in [0.15, 0.2) is 11.6 Å². The van der Waals surface area contributed by atoms with Crippen LogP contribution in [0.2, 0.25) is 0 Å². The third-order valence-corrected chi connectivity index (χ3v) is 1.63. The standard InChI is InChI=1S/C10H14F2N2/c1-10(2,3)14-9-7(13)5-4-6(11)8(9)12/h4-5,14H,13H2,1-3H3. The summed E-state index contributed by atoms with van der Waals surface area (Å²) in [5.41, 5.74) is 5.40. The van der Waals surface area contributed by atoms with E-state index in [0.29, 0.717) is 0 Å². The van der Waals surface area contributed by atoms with Gasteiger partial charge in [-0.15, -0.1) is 0 Å². The molecule has 0 aromatic heterocycles. The zero-order valence-electron chi connectivity index (χ0n) is 8.49. The van der Waals surface area contributed by atoms with Crippen LogP contribution in [-0.4, -0.2) is 5.54 Å². The molecule has 0 fully saturated rings. The Labute approximate surface area is 82.1 Å². The summed E-state index contributed by atoms with van der Waals surface area (Å²) >= 11 is 0. The van der Waals surface area contributed by atoms with Crippen molar-refractivity contribution in [3.63, 3.8) is 0 Å². The Morgan fingerprint density at radius 3 is 2.29 bits per heavy atom. The van der Waals surface area contributed by atoms with E-state index in [0.717, 1.165) is 6.07 Å². The highest BCUT2D eigenvalue weighted by Crippen LogP contribution is 2.27. The summed E-state index contributed by atoms with van der Waals surface area (Å²) in [5.74, 6) is -1.83. The molecule has 0 spiro atoms. The Morgan fingerprint density at radius 2 is 1.79 bits per heavy atom. The van der Waals surface area contributed by atoms with Crippen molar-refractivity contribution < 1.29 is 8.78 Å². The Kier molecular flexibility index (Phi) is 2.64. The third kappa shape index (κ3) is 2.34. The SMILES string of the molecule is CC(C)(C)Nc1c(N)ccc(F)c1F. The summed E-state index contributed by atoms with van der Waals surface area (Å²) in [4.78, 5) is 0. The Morgan fingerprint density at radius 1 is 1.21 bits per heavy atom. The Hall–Kier alpha value is -1.32. The van der Waals surface area contributed by atoms with Crippen LogP contribution in [0, 0.1) is 11.6 Å². The molecule has 0 aliphatic heterocycles. The molecule has 0 aliphatic rings. The van der Waals surface area contributed by atoms with Crippen molar-refractivity contribution in [3.8, 4) is 0 Å². The monoisotopic (exact) mass is 200 g/mol. The second kappa shape index (κ2) is 3.44. The van der Waals surface area contributed by atoms with Crippen molar-refractivity contribution in [2.45, 2.75) is 26.3 Å². The summed E-state index contributed by atoms with van der Waals surface area (Å²) < 4.78 is 26.1. The van der Waals surface area contributed by atoms with Gasteiger partial charge in [0.25, 0.3) is 0 Å². The number of nitrogens with one attached hydrogen (secondary N) is 1. The second-order valence-corrected chi connectivity index (χ2v) is 4.20. The van der Waals surface area contributed by atoms with Crippen molar-refractivity contribution in [3.05, 3.63) is 23.8 Å². The molecule has 0 unspecified atom stereocenters. The average molecular weight is 200 g/mol. The maximum Gasteiger partial charge on any atom is 0.183 e. The minimum absolute atomic E-state index is 0.0255. The van der Waals surface area contributed by atoms with Crippen LogP contribution in [0.25, 0.3) is 0 Å². The van der Waals surface area contributed by atoms with Gasteiger partial charge in [0.2, 0.25) is 0 Å². The van der Waals surface area contributed by atoms with Crippen molar-refractivity contribution in [2.24, 2.45) is 0 Å². The predicted molar refractivity (Wildman–Crippen MR) is 54.1 cm³/mol. The van der Waals surface area contributed by atoms with Crippen LogP contribution >= 0.6 is 0 Å². The highest BCUT2D eigenvalue weighted by atomic mass is 19.2. The molecular weight excluding hydrogens is 186 g/mol. The van der Waals surface area contributed by atoms with Gasteiger partial charge in [-0.2, -0.15) is 0 Å². The van der Waals surface area contributed by atoms with Gasteiger partial charge in [-0.3, -0.25) is 0 Å². The molecule has 1 rings (SSSR count). The largest absolute Gasteiger partial charge is 0.397 e. The summed E-state index contributed by atoms with van der Waals surface area (Å²) in [7, 11) is 0. The first-order valence-electron chi connectivity index (χ1n) is 4.33. The van der Waals surface area contributed by atoms with Gasteiger partial charge in [0, 0.05) is 5.54 Å². The lowest BCUT2D eigenvalue weighted by molar-refractivity contribution is 0.506. The highest BCUT2D eigenvalue weighted by Gasteiger charge is 2.17. The molecule has 0 heterocycles. The minimum Gasteiger partial charge on any atom is -0.397 e. The van der Waals surface area contributed by atoms with Crippen molar-refractivity contribution in [2.75, 3.05) is 11.1 Å². The summed E-state index contributed by atoms with van der Waals surface area (Å²) in [6, 6.07) is 2.35. The van der Waals surface area contributed by atoms with Crippen LogP contribution in [0.1, 0.15) is 20.8 Å². The molecule has 0 bridgehead atoms. The fraction of sp³-hybridized carbons (Fsp3) is 0.400. The van der Waals surface area contributed by atoms with E-state index >= 15 is 0 Å². The molecule has 0 saturated carbocycles. The minimum atomic E-state index is -0.931. The van der Waals surface area contributed by atoms with E-state index in [9.17, 15) is 8.78 Å². The molecule has 4 heteroatoms. The van der Waals surface area contributed by atoms with Gasteiger partial charge in [-0.25, -0.2) is 8.78 Å². The lowest BCUT2D eigenvalue weighted by Gasteiger charge is -2.23. The topological polar surface area (TPSA) is 38.0 Å². The average Bonchev–Trinajstić information content (AvgIpc) is 2.04. The van der Waals surface area contributed by atoms with E-state index in [1.54, 1.807) is 0 Å². The number of hydrogen-bond acceptors (Lipinski definition) is 2. The Bertz CT molecular complexity index is 343. The van der Waals surface area contributed by atoms with E-state index in [2.05, 4.69) is 5.32 Å². The summed E-state index contributed by atoms with van der Waals surface area (Å²) in [6.45, 7) is 5.53. The first kappa shape index (κ1) is 10.8. The maximum atomic E-state index is 13.3. The van der Waals surface area contributed by atoms with Crippen molar-refractivity contribution >= 4 is 11.4 Å². The molecular formula is C10H14F2N2. The molecule has 78 valence electrons. The van der Waals surface area contributed by atoms with E-state index in [-0.39, 0.29) is 16.9 Å². The first-order valence-corrected chi connectivity index (χ1v) is 4.33. The van der Waals surface area contributed by atoms with Crippen molar-refractivity contribution in [1.29, 1.82) is 0 Å². The Balaban J connectivity index is 3.13. The van der Waals surface area contributed by atoms with Crippen LogP contribution in [0.15, 0.2) is 12.1 Å². The molecule has 3 N–H and O–H groups in total. The predicted octanol–water partition coefficient (Wildman–Crippen LogP) is 2.76. The zero-order chi connectivity index (χ0) is 10.9. The van der Waals surface area contributed by atoms with E-state index < -0.39 is 11.6 Å². The molecule has 0 radical (unpaired) electrons. The second-order valence-electron chi connectivity index (χ2n) is 4.20. The summed E-state index contributed by atoms with van der Waals surface area (Å²) in [6.07, 6.45) is 0. The number of anilines is 2. The van der Waals surface area contributed by atoms with Crippen LogP contribution in [0.4, 0.5) is 20.2 Å². The molecule has 0 atom stereocenters. The molecule has 2 nitrogen and oxygen atoms in total. The van der Waals surface area contributed by atoms with Crippen LogP contribution in [0.3, 0.4) is 0 Å². The molecule has 0 saturated heterocycles. The highest BCUT2D eigenvalue weighted by molar-refractivity contribution is 5.67.